The van der Waals surface area contributed by atoms with Gasteiger partial charge >= 0.3 is 0 Å². The smallest absolute Gasteiger partial charge is 0.146 e. The number of rotatable bonds is 7. The van der Waals surface area contributed by atoms with E-state index in [2.05, 4.69) is 27.7 Å². The number of hydrogen-bond acceptors (Lipinski definition) is 5. The molecule has 0 aliphatic heterocycles. The molecule has 4 saturated carbocycles. The van der Waals surface area contributed by atoms with Crippen LogP contribution in [0.15, 0.2) is 0 Å². The Morgan fingerprint density at radius 2 is 1.68 bits per heavy atom. The number of methoxy groups -OCH3 is 2. The van der Waals surface area contributed by atoms with Crippen molar-refractivity contribution in [1.82, 2.24) is 0 Å². The van der Waals surface area contributed by atoms with E-state index in [9.17, 15) is 5.11 Å². The van der Waals surface area contributed by atoms with Crippen molar-refractivity contribution < 1.29 is 24.1 Å². The minimum absolute atomic E-state index is 0.0806. The van der Waals surface area contributed by atoms with Gasteiger partial charge in [0.25, 0.3) is 0 Å². The van der Waals surface area contributed by atoms with Gasteiger partial charge in [-0.25, -0.2) is 0 Å². The van der Waals surface area contributed by atoms with Crippen molar-refractivity contribution in [3.05, 3.63) is 0 Å². The van der Waals surface area contributed by atoms with Crippen LogP contribution in [0, 0.1) is 40.4 Å². The molecule has 0 saturated heterocycles. The van der Waals surface area contributed by atoms with E-state index < -0.39 is 5.60 Å². The van der Waals surface area contributed by atoms with E-state index in [0.717, 1.165) is 37.0 Å². The molecular weight excluding hydrogens is 392 g/mol. The SMILES string of the molecule is COCO[C@H]1CC[C@@]2(C)[C@@H](CC[C@@H]3[C@@H]2CC[C@@]2(C)[C@H]3C[C@H](C)[C@]2(O)[C@H](C)OCOC)C1. The van der Waals surface area contributed by atoms with Crippen LogP contribution in [0.25, 0.3) is 0 Å². The highest BCUT2D eigenvalue weighted by molar-refractivity contribution is 5.17. The highest BCUT2D eigenvalue weighted by Crippen LogP contribution is 2.70. The van der Waals surface area contributed by atoms with Gasteiger partial charge in [0, 0.05) is 19.6 Å². The molecule has 0 bridgehead atoms. The fourth-order valence-electron chi connectivity index (χ4n) is 9.07. The Bertz CT molecular complexity index is 627. The van der Waals surface area contributed by atoms with E-state index in [-0.39, 0.29) is 24.2 Å². The molecule has 4 aliphatic carbocycles. The Balaban J connectivity index is 1.53. The van der Waals surface area contributed by atoms with Gasteiger partial charge in [-0.15, -0.1) is 0 Å². The standard InChI is InChI=1S/C26H46O5/c1-17-13-23-21-8-7-19-14-20(31-16-29-6)9-11-24(19,3)22(21)10-12-25(23,4)26(17,27)18(2)30-15-28-5/h17-23,27H,7-16H2,1-6H3/t17-,18-,19-,20-,21+,22-,23-,24-,25-,26-/m0/s1. The van der Waals surface area contributed by atoms with Gasteiger partial charge in [-0.3, -0.25) is 0 Å². The molecule has 0 aromatic heterocycles. The third kappa shape index (κ3) is 3.62. The minimum atomic E-state index is -0.787. The Hall–Kier alpha value is -0.200. The maximum Gasteiger partial charge on any atom is 0.146 e. The molecule has 0 spiro atoms. The lowest BCUT2D eigenvalue weighted by Crippen LogP contribution is -2.61. The van der Waals surface area contributed by atoms with Gasteiger partial charge in [0.2, 0.25) is 0 Å². The summed E-state index contributed by atoms with van der Waals surface area (Å²) in [5.74, 6) is 3.09. The van der Waals surface area contributed by atoms with E-state index in [1.54, 1.807) is 14.2 Å². The number of fused-ring (bicyclic) bond motifs is 5. The highest BCUT2D eigenvalue weighted by Gasteiger charge is 2.68. The van der Waals surface area contributed by atoms with Gasteiger partial charge in [-0.05, 0) is 93.3 Å². The molecule has 5 heteroatoms. The van der Waals surface area contributed by atoms with Crippen LogP contribution in [0.2, 0.25) is 0 Å². The summed E-state index contributed by atoms with van der Waals surface area (Å²) < 4.78 is 22.2. The molecule has 180 valence electrons. The van der Waals surface area contributed by atoms with Crippen LogP contribution in [0.1, 0.15) is 79.1 Å². The maximum atomic E-state index is 12.1. The summed E-state index contributed by atoms with van der Waals surface area (Å²) in [5.41, 5.74) is -0.452. The Labute approximate surface area is 189 Å². The molecule has 10 atom stereocenters. The lowest BCUT2D eigenvalue weighted by Gasteiger charge is -2.62. The van der Waals surface area contributed by atoms with Crippen molar-refractivity contribution in [1.29, 1.82) is 0 Å². The first kappa shape index (κ1) is 23.9. The Morgan fingerprint density at radius 1 is 0.935 bits per heavy atom. The van der Waals surface area contributed by atoms with Gasteiger partial charge in [0.15, 0.2) is 0 Å². The quantitative estimate of drug-likeness (QED) is 0.567. The lowest BCUT2D eigenvalue weighted by molar-refractivity contribution is -0.223. The van der Waals surface area contributed by atoms with E-state index >= 15 is 0 Å². The summed E-state index contributed by atoms with van der Waals surface area (Å²) in [6.07, 6.45) is 9.83. The van der Waals surface area contributed by atoms with Crippen molar-refractivity contribution in [3.63, 3.8) is 0 Å². The molecule has 4 rings (SSSR count). The molecule has 0 radical (unpaired) electrons. The third-order valence-corrected chi connectivity index (χ3v) is 10.8. The second-order valence-electron chi connectivity index (χ2n) is 11.8. The largest absolute Gasteiger partial charge is 0.386 e. The van der Waals surface area contributed by atoms with Gasteiger partial charge in [0.1, 0.15) is 13.6 Å². The minimum Gasteiger partial charge on any atom is -0.386 e. The molecule has 5 nitrogen and oxygen atoms in total. The molecule has 0 aromatic carbocycles. The Morgan fingerprint density at radius 3 is 2.39 bits per heavy atom. The van der Waals surface area contributed by atoms with Crippen molar-refractivity contribution in [2.45, 2.75) is 96.9 Å². The molecule has 4 aliphatic rings. The van der Waals surface area contributed by atoms with Gasteiger partial charge in [-0.2, -0.15) is 0 Å². The normalized spacial score (nSPS) is 50.4. The van der Waals surface area contributed by atoms with Gasteiger partial charge in [-0.1, -0.05) is 20.8 Å². The molecule has 0 unspecified atom stereocenters. The fourth-order valence-corrected chi connectivity index (χ4v) is 9.07. The zero-order chi connectivity index (χ0) is 22.4. The fraction of sp³-hybridized carbons (Fsp3) is 1.00. The van der Waals surface area contributed by atoms with Crippen molar-refractivity contribution in [2.75, 3.05) is 27.8 Å². The monoisotopic (exact) mass is 438 g/mol. The summed E-state index contributed by atoms with van der Waals surface area (Å²) in [7, 11) is 3.36. The summed E-state index contributed by atoms with van der Waals surface area (Å²) >= 11 is 0. The zero-order valence-corrected chi connectivity index (χ0v) is 20.7. The predicted octanol–water partition coefficient (Wildman–Crippen LogP) is 5.00. The molecule has 1 N–H and O–H groups in total. The molecule has 4 fully saturated rings. The maximum absolute atomic E-state index is 12.1. The highest BCUT2D eigenvalue weighted by atomic mass is 16.7. The third-order valence-electron chi connectivity index (χ3n) is 10.8. The summed E-state index contributed by atoms with van der Waals surface area (Å²) in [6.45, 7) is 9.91. The zero-order valence-electron chi connectivity index (χ0n) is 20.7. The molecule has 0 amide bonds. The van der Waals surface area contributed by atoms with Crippen molar-refractivity contribution in [3.8, 4) is 0 Å². The second kappa shape index (κ2) is 8.87. The summed E-state index contributed by atoms with van der Waals surface area (Å²) in [4.78, 5) is 0. The van der Waals surface area contributed by atoms with Crippen LogP contribution >= 0.6 is 0 Å². The van der Waals surface area contributed by atoms with E-state index in [1.807, 2.05) is 0 Å². The number of hydrogen-bond donors (Lipinski definition) is 1. The molecule has 0 aromatic rings. The lowest BCUT2D eigenvalue weighted by atomic mass is 9.44. The average molecular weight is 439 g/mol. The number of aliphatic hydroxyl groups is 1. The van der Waals surface area contributed by atoms with Crippen LogP contribution in [-0.2, 0) is 18.9 Å². The van der Waals surface area contributed by atoms with Crippen LogP contribution in [0.3, 0.4) is 0 Å². The topological polar surface area (TPSA) is 57.2 Å². The first-order valence-corrected chi connectivity index (χ1v) is 12.7. The predicted molar refractivity (Wildman–Crippen MR) is 120 cm³/mol. The Kier molecular flexibility index (Phi) is 6.85. The molecular formula is C26H46O5. The van der Waals surface area contributed by atoms with Crippen LogP contribution in [0.5, 0.6) is 0 Å². The van der Waals surface area contributed by atoms with E-state index in [0.29, 0.717) is 24.2 Å². The first-order chi connectivity index (χ1) is 14.7. The molecule has 31 heavy (non-hydrogen) atoms. The summed E-state index contributed by atoms with van der Waals surface area (Å²) in [5, 5.41) is 12.1. The summed E-state index contributed by atoms with van der Waals surface area (Å²) in [6, 6.07) is 0. The van der Waals surface area contributed by atoms with Crippen molar-refractivity contribution in [2.24, 2.45) is 40.4 Å². The molecule has 0 heterocycles. The van der Waals surface area contributed by atoms with Crippen LogP contribution < -0.4 is 0 Å². The van der Waals surface area contributed by atoms with Crippen LogP contribution in [0.4, 0.5) is 0 Å². The first-order valence-electron chi connectivity index (χ1n) is 12.7. The van der Waals surface area contributed by atoms with Crippen molar-refractivity contribution >= 4 is 0 Å². The average Bonchev–Trinajstić information content (AvgIpc) is 2.97. The van der Waals surface area contributed by atoms with E-state index in [4.69, 9.17) is 18.9 Å². The van der Waals surface area contributed by atoms with Gasteiger partial charge < -0.3 is 24.1 Å². The second-order valence-corrected chi connectivity index (χ2v) is 11.8. The van der Waals surface area contributed by atoms with Crippen LogP contribution in [-0.4, -0.2) is 50.7 Å². The van der Waals surface area contributed by atoms with E-state index in [1.165, 1.54) is 32.1 Å². The number of ether oxygens (including phenoxy) is 4. The van der Waals surface area contributed by atoms with Gasteiger partial charge in [0.05, 0.1) is 17.8 Å².